The van der Waals surface area contributed by atoms with E-state index in [1.165, 1.54) is 64.5 Å². The molecule has 156 valence electrons. The molecule has 0 saturated heterocycles. The van der Waals surface area contributed by atoms with Gasteiger partial charge in [0.15, 0.2) is 0 Å². The Bertz CT molecular complexity index is 1780. The third kappa shape index (κ3) is 2.72. The number of aromatic nitrogens is 1. The number of halogens is 1. The lowest BCUT2D eigenvalue weighted by molar-refractivity contribution is 0.668. The minimum Gasteiger partial charge on any atom is -0.456 e. The van der Waals surface area contributed by atoms with Crippen LogP contribution in [0.3, 0.4) is 0 Å². The van der Waals surface area contributed by atoms with Gasteiger partial charge in [0.1, 0.15) is 66.1 Å². The van der Waals surface area contributed by atoms with Crippen molar-refractivity contribution in [2.75, 3.05) is 0 Å². The average molecular weight is 495 g/mol. The van der Waals surface area contributed by atoms with Crippen LogP contribution >= 0.6 is 15.9 Å². The van der Waals surface area contributed by atoms with Gasteiger partial charge in [0.25, 0.3) is 0 Å². The van der Waals surface area contributed by atoms with E-state index in [-0.39, 0.29) is 0 Å². The third-order valence-electron chi connectivity index (χ3n) is 8.16. The van der Waals surface area contributed by atoms with Gasteiger partial charge in [-0.3, -0.25) is 0 Å². The molecule has 6 aromatic rings. The Morgan fingerprint density at radius 3 is 1.91 bits per heavy atom. The second-order valence-corrected chi connectivity index (χ2v) is 10.5. The Balaban J connectivity index is 1.87. The number of hydrogen-bond donors (Lipinski definition) is 0. The smallest absolute Gasteiger partial charge is 0.141 e. The average Bonchev–Trinajstić information content (AvgIpc) is 3.39. The van der Waals surface area contributed by atoms with Crippen molar-refractivity contribution in [3.05, 3.63) is 46.9 Å². The highest BCUT2D eigenvalue weighted by molar-refractivity contribution is 9.10. The van der Waals surface area contributed by atoms with Crippen molar-refractivity contribution < 1.29 is 4.42 Å². The van der Waals surface area contributed by atoms with Crippen molar-refractivity contribution >= 4 is 153 Å². The Morgan fingerprint density at radius 2 is 1.18 bits per heavy atom. The first-order chi connectivity index (χ1) is 16.2. The van der Waals surface area contributed by atoms with Crippen LogP contribution in [-0.4, -0.2) is 59.5 Å². The second kappa shape index (κ2) is 7.45. The monoisotopic (exact) mass is 495 g/mol. The molecule has 34 heavy (non-hydrogen) atoms. The summed E-state index contributed by atoms with van der Waals surface area (Å²) in [7, 11) is 15.8. The topological polar surface area (TPSA) is 18.1 Å². The van der Waals surface area contributed by atoms with Gasteiger partial charge in [0, 0.05) is 43.4 Å². The van der Waals surface area contributed by atoms with Crippen LogP contribution in [0.25, 0.3) is 49.4 Å². The lowest BCUT2D eigenvalue weighted by Gasteiger charge is -2.16. The van der Waals surface area contributed by atoms with Crippen molar-refractivity contribution in [3.63, 3.8) is 0 Å². The molecule has 0 spiro atoms. The zero-order valence-electron chi connectivity index (χ0n) is 20.8. The van der Waals surface area contributed by atoms with Gasteiger partial charge >= 0.3 is 0 Å². The highest BCUT2D eigenvalue weighted by Gasteiger charge is 2.23. The standard InChI is InChI=1S/C24H21B7BrNO/c25-15-13-14-16(26)22(32)19(29)21(31)24(14)33(23(13)20(30)18(28)17(15)27)8-5-6-10-9-3-1-2-4-11(9)34-12(10)7-8/h1-7H,25-31H2. The number of benzene rings is 4. The van der Waals surface area contributed by atoms with E-state index in [0.29, 0.717) is 0 Å². The molecule has 2 aromatic heterocycles. The highest BCUT2D eigenvalue weighted by Crippen LogP contribution is 2.33. The molecule has 4 aromatic carbocycles. The normalized spacial score (nSPS) is 11.9. The van der Waals surface area contributed by atoms with E-state index in [1.807, 2.05) is 12.1 Å². The molecule has 0 N–H and O–H groups in total. The van der Waals surface area contributed by atoms with Gasteiger partial charge in [0.2, 0.25) is 0 Å². The predicted octanol–water partition coefficient (Wildman–Crippen LogP) is -4.75. The maximum Gasteiger partial charge on any atom is 0.141 e. The fraction of sp³-hybridized carbons (Fsp3) is 0. The minimum absolute atomic E-state index is 0.926. The number of para-hydroxylation sites is 1. The third-order valence-corrected chi connectivity index (χ3v) is 9.35. The molecule has 0 radical (unpaired) electrons. The van der Waals surface area contributed by atoms with Crippen LogP contribution in [0.4, 0.5) is 0 Å². The van der Waals surface area contributed by atoms with E-state index < -0.39 is 0 Å². The van der Waals surface area contributed by atoms with Crippen molar-refractivity contribution in [1.29, 1.82) is 0 Å². The number of rotatable bonds is 1. The summed E-state index contributed by atoms with van der Waals surface area (Å²) in [5, 5.41) is 5.03. The molecular formula is C24H21B7BrNO. The van der Waals surface area contributed by atoms with E-state index in [0.717, 1.165) is 27.6 Å². The predicted molar refractivity (Wildman–Crippen MR) is 173 cm³/mol. The van der Waals surface area contributed by atoms with E-state index in [2.05, 4.69) is 106 Å². The Morgan fingerprint density at radius 1 is 0.588 bits per heavy atom. The molecule has 10 heteroatoms. The van der Waals surface area contributed by atoms with Gasteiger partial charge in [0.05, 0.1) is 0 Å². The molecule has 0 amide bonds. The first kappa shape index (κ1) is 21.9. The van der Waals surface area contributed by atoms with Gasteiger partial charge in [-0.05, 0) is 23.6 Å². The fourth-order valence-corrected chi connectivity index (χ4v) is 6.28. The van der Waals surface area contributed by atoms with Crippen LogP contribution in [-0.2, 0) is 0 Å². The van der Waals surface area contributed by atoms with E-state index in [1.54, 1.807) is 0 Å². The van der Waals surface area contributed by atoms with E-state index >= 15 is 0 Å². The maximum atomic E-state index is 6.29. The molecule has 0 aliphatic heterocycles. The Labute approximate surface area is 213 Å². The summed E-state index contributed by atoms with van der Waals surface area (Å²) >= 11 is 3.91. The number of furan rings is 1. The van der Waals surface area contributed by atoms with Crippen molar-refractivity contribution in [3.8, 4) is 5.69 Å². The molecule has 0 aliphatic carbocycles. The number of nitrogens with zero attached hydrogens (tertiary/aromatic N) is 1. The summed E-state index contributed by atoms with van der Waals surface area (Å²) in [5.41, 5.74) is 14.9. The van der Waals surface area contributed by atoms with Crippen molar-refractivity contribution in [2.24, 2.45) is 0 Å². The summed E-state index contributed by atoms with van der Waals surface area (Å²) in [6.07, 6.45) is 0. The van der Waals surface area contributed by atoms with Gasteiger partial charge < -0.3 is 8.98 Å². The van der Waals surface area contributed by atoms with Gasteiger partial charge in [-0.15, -0.1) is 5.46 Å². The summed E-state index contributed by atoms with van der Waals surface area (Å²) < 4.78 is 9.98. The van der Waals surface area contributed by atoms with E-state index in [9.17, 15) is 0 Å². The van der Waals surface area contributed by atoms with Crippen LogP contribution in [0, 0.1) is 0 Å². The largest absolute Gasteiger partial charge is 0.456 e. The summed E-state index contributed by atoms with van der Waals surface area (Å²) in [5.74, 6) is 0. The van der Waals surface area contributed by atoms with Gasteiger partial charge in [-0.2, -0.15) is 0 Å². The lowest BCUT2D eigenvalue weighted by Crippen LogP contribution is -2.48. The molecule has 0 aliphatic rings. The molecular weight excluding hydrogens is 474 g/mol. The zero-order chi connectivity index (χ0) is 24.0. The molecule has 0 atom stereocenters. The second-order valence-electron chi connectivity index (χ2n) is 9.75. The number of hydrogen-bond acceptors (Lipinski definition) is 1. The Kier molecular flexibility index (Phi) is 4.80. The Hall–Kier alpha value is -2.59. The summed E-state index contributed by atoms with van der Waals surface area (Å²) in [4.78, 5) is 0. The van der Waals surface area contributed by atoms with Crippen molar-refractivity contribution in [1.82, 2.24) is 4.57 Å². The van der Waals surface area contributed by atoms with Crippen LogP contribution in [0.2, 0.25) is 0 Å². The SMILES string of the molecule is Bc1c(B)c(B)c2c(c1B)c1c(B)c(Br)c(B)c(B)c1n2-c1ccc2c(c1)oc1ccccc12. The molecule has 2 nitrogen and oxygen atoms in total. The van der Waals surface area contributed by atoms with Crippen molar-refractivity contribution in [2.45, 2.75) is 0 Å². The van der Waals surface area contributed by atoms with Crippen LogP contribution in [0.1, 0.15) is 0 Å². The maximum absolute atomic E-state index is 6.29. The van der Waals surface area contributed by atoms with Crippen LogP contribution in [0.5, 0.6) is 0 Å². The molecule has 6 rings (SSSR count). The van der Waals surface area contributed by atoms with Crippen LogP contribution < -0.4 is 38.2 Å². The van der Waals surface area contributed by atoms with Gasteiger partial charge in [-0.25, -0.2) is 0 Å². The van der Waals surface area contributed by atoms with Crippen LogP contribution in [0.15, 0.2) is 51.4 Å². The quantitative estimate of drug-likeness (QED) is 0.210. The summed E-state index contributed by atoms with van der Waals surface area (Å²) in [6, 6.07) is 15.0. The lowest BCUT2D eigenvalue weighted by atomic mass is 9.65. The molecule has 0 fully saturated rings. The summed E-state index contributed by atoms with van der Waals surface area (Å²) in [6.45, 7) is 0. The molecule has 0 saturated carbocycles. The first-order valence-corrected chi connectivity index (χ1v) is 12.6. The highest BCUT2D eigenvalue weighted by atomic mass is 79.9. The molecule has 0 bridgehead atoms. The zero-order valence-corrected chi connectivity index (χ0v) is 22.4. The number of fused-ring (bicyclic) bond motifs is 6. The van der Waals surface area contributed by atoms with Gasteiger partial charge in [-0.1, -0.05) is 66.9 Å². The van der Waals surface area contributed by atoms with E-state index in [4.69, 9.17) is 4.42 Å². The first-order valence-electron chi connectivity index (χ1n) is 11.8. The molecule has 0 unspecified atom stereocenters. The minimum atomic E-state index is 0.926. The molecule has 2 heterocycles. The fourth-order valence-electron chi connectivity index (χ4n) is 5.79.